The van der Waals surface area contributed by atoms with Crippen molar-refractivity contribution in [3.05, 3.63) is 94.8 Å². The smallest absolute Gasteiger partial charge is 0.245 e. The van der Waals surface area contributed by atoms with Crippen LogP contribution < -0.4 is 15.1 Å². The molecule has 1 N–H and O–H groups in total. The van der Waals surface area contributed by atoms with E-state index in [1.807, 2.05) is 42.5 Å². The first-order valence-electron chi connectivity index (χ1n) is 10.3. The third kappa shape index (κ3) is 5.75. The van der Waals surface area contributed by atoms with Crippen molar-refractivity contribution in [1.82, 2.24) is 5.43 Å². The molecule has 4 rings (SSSR count). The summed E-state index contributed by atoms with van der Waals surface area (Å²) in [5.41, 5.74) is 4.68. The van der Waals surface area contributed by atoms with E-state index in [0.29, 0.717) is 23.1 Å². The monoisotopic (exact) mass is 465 g/mol. The molecule has 8 heteroatoms. The number of benzene rings is 3. The summed E-state index contributed by atoms with van der Waals surface area (Å²) >= 11 is 6.15. The average molecular weight is 466 g/mol. The molecule has 0 unspecified atom stereocenters. The number of halogens is 2. The summed E-state index contributed by atoms with van der Waals surface area (Å²) in [5.74, 6) is -0.816. The van der Waals surface area contributed by atoms with Gasteiger partial charge in [-0.2, -0.15) is 5.10 Å². The molecule has 1 saturated heterocycles. The molecule has 1 fully saturated rings. The van der Waals surface area contributed by atoms with Gasteiger partial charge in [0.1, 0.15) is 18.2 Å². The fourth-order valence-electron chi connectivity index (χ4n) is 3.48. The Morgan fingerprint density at radius 2 is 1.94 bits per heavy atom. The Morgan fingerprint density at radius 1 is 1.15 bits per heavy atom. The molecule has 168 valence electrons. The van der Waals surface area contributed by atoms with Crippen LogP contribution in [0.2, 0.25) is 5.02 Å². The summed E-state index contributed by atoms with van der Waals surface area (Å²) in [7, 11) is 0. The molecule has 0 aliphatic carbocycles. The van der Waals surface area contributed by atoms with Crippen molar-refractivity contribution in [1.29, 1.82) is 0 Å². The average Bonchev–Trinajstić information content (AvgIpc) is 3.21. The Bertz CT molecular complexity index is 1180. The largest absolute Gasteiger partial charge is 0.489 e. The molecule has 1 aliphatic heterocycles. The fourth-order valence-corrected chi connectivity index (χ4v) is 3.67. The van der Waals surface area contributed by atoms with E-state index in [1.165, 1.54) is 35.4 Å². The second kappa shape index (κ2) is 10.3. The van der Waals surface area contributed by atoms with Crippen molar-refractivity contribution in [3.63, 3.8) is 0 Å². The molecule has 0 bridgehead atoms. The standard InChI is InChI=1S/C25H21ClFN3O3/c26-23-7-2-1-5-18(23)16-33-22-6-3-4-17(12-22)14-28-29-25(32)19-13-24(31)30(15-19)21-10-8-20(27)9-11-21/h1-12,14,19H,13,15-16H2,(H,29,32)/b28-14-/t19-/m1/s1. The molecule has 0 saturated carbocycles. The highest BCUT2D eigenvalue weighted by Crippen LogP contribution is 2.25. The molecular formula is C25H21ClFN3O3. The van der Waals surface area contributed by atoms with Crippen molar-refractivity contribution >= 4 is 35.3 Å². The fraction of sp³-hybridized carbons (Fsp3) is 0.160. The summed E-state index contributed by atoms with van der Waals surface area (Å²) in [6, 6.07) is 20.3. The molecule has 0 aromatic heterocycles. The first-order chi connectivity index (χ1) is 16.0. The van der Waals surface area contributed by atoms with Gasteiger partial charge in [0, 0.05) is 29.2 Å². The van der Waals surface area contributed by atoms with Gasteiger partial charge in [-0.05, 0) is 48.0 Å². The molecule has 1 heterocycles. The maximum atomic E-state index is 13.1. The Hall–Kier alpha value is -3.71. The van der Waals surface area contributed by atoms with E-state index < -0.39 is 5.92 Å². The zero-order valence-corrected chi connectivity index (χ0v) is 18.3. The van der Waals surface area contributed by atoms with Crippen LogP contribution in [0.5, 0.6) is 5.75 Å². The van der Waals surface area contributed by atoms with Gasteiger partial charge < -0.3 is 9.64 Å². The zero-order valence-electron chi connectivity index (χ0n) is 17.6. The minimum atomic E-state index is -0.537. The Kier molecular flexibility index (Phi) is 7.00. The molecule has 33 heavy (non-hydrogen) atoms. The number of carbonyl (C=O) groups is 2. The summed E-state index contributed by atoms with van der Waals surface area (Å²) in [6.07, 6.45) is 1.58. The van der Waals surface area contributed by atoms with Gasteiger partial charge in [-0.25, -0.2) is 9.82 Å². The predicted octanol–water partition coefficient (Wildman–Crippen LogP) is 4.56. The molecular weight excluding hydrogens is 445 g/mol. The number of rotatable bonds is 7. The maximum absolute atomic E-state index is 13.1. The lowest BCUT2D eigenvalue weighted by atomic mass is 10.1. The first-order valence-corrected chi connectivity index (χ1v) is 10.7. The highest BCUT2D eigenvalue weighted by molar-refractivity contribution is 6.31. The van der Waals surface area contributed by atoms with Crippen LogP contribution >= 0.6 is 11.6 Å². The Morgan fingerprint density at radius 3 is 2.73 bits per heavy atom. The number of hydrogen-bond donors (Lipinski definition) is 1. The highest BCUT2D eigenvalue weighted by atomic mass is 35.5. The van der Waals surface area contributed by atoms with Crippen molar-refractivity contribution in [2.24, 2.45) is 11.0 Å². The molecule has 0 spiro atoms. The van der Waals surface area contributed by atoms with Crippen LogP contribution in [-0.4, -0.2) is 24.6 Å². The van der Waals surface area contributed by atoms with E-state index in [0.717, 1.165) is 11.1 Å². The second-order valence-corrected chi connectivity index (χ2v) is 7.98. The third-order valence-electron chi connectivity index (χ3n) is 5.23. The van der Waals surface area contributed by atoms with Gasteiger partial charge in [-0.1, -0.05) is 41.9 Å². The van der Waals surface area contributed by atoms with E-state index in [9.17, 15) is 14.0 Å². The van der Waals surface area contributed by atoms with Gasteiger partial charge >= 0.3 is 0 Å². The topological polar surface area (TPSA) is 71.0 Å². The molecule has 3 aromatic rings. The number of carbonyl (C=O) groups excluding carboxylic acids is 2. The van der Waals surface area contributed by atoms with Crippen LogP contribution in [0.3, 0.4) is 0 Å². The van der Waals surface area contributed by atoms with E-state index in [-0.39, 0.29) is 30.6 Å². The van der Waals surface area contributed by atoms with Gasteiger partial charge in [-0.15, -0.1) is 0 Å². The van der Waals surface area contributed by atoms with E-state index in [1.54, 1.807) is 6.07 Å². The van der Waals surface area contributed by atoms with Crippen molar-refractivity contribution in [2.75, 3.05) is 11.4 Å². The normalized spacial score (nSPS) is 15.8. The predicted molar refractivity (Wildman–Crippen MR) is 125 cm³/mol. The lowest BCUT2D eigenvalue weighted by Crippen LogP contribution is -2.30. The molecule has 0 radical (unpaired) electrons. The number of hydrazone groups is 1. The number of nitrogens with one attached hydrogen (secondary N) is 1. The molecule has 3 aromatic carbocycles. The molecule has 1 atom stereocenters. The third-order valence-corrected chi connectivity index (χ3v) is 5.60. The van der Waals surface area contributed by atoms with E-state index >= 15 is 0 Å². The van der Waals surface area contributed by atoms with Crippen LogP contribution in [0.1, 0.15) is 17.5 Å². The summed E-state index contributed by atoms with van der Waals surface area (Å²) in [5, 5.41) is 4.65. The Balaban J connectivity index is 1.31. The van der Waals surface area contributed by atoms with Gasteiger partial charge in [0.15, 0.2) is 0 Å². The lowest BCUT2D eigenvalue weighted by molar-refractivity contribution is -0.126. The quantitative estimate of drug-likeness (QED) is 0.410. The number of anilines is 1. The van der Waals surface area contributed by atoms with E-state index in [2.05, 4.69) is 10.5 Å². The summed E-state index contributed by atoms with van der Waals surface area (Å²) < 4.78 is 18.9. The van der Waals surface area contributed by atoms with Crippen molar-refractivity contribution in [2.45, 2.75) is 13.0 Å². The number of nitrogens with zero attached hydrogens (tertiary/aromatic N) is 2. The zero-order chi connectivity index (χ0) is 23.2. The van der Waals surface area contributed by atoms with Crippen LogP contribution in [0.25, 0.3) is 0 Å². The second-order valence-electron chi connectivity index (χ2n) is 7.57. The van der Waals surface area contributed by atoms with Crippen LogP contribution in [0, 0.1) is 11.7 Å². The van der Waals surface area contributed by atoms with Crippen LogP contribution in [0.4, 0.5) is 10.1 Å². The first kappa shape index (κ1) is 22.5. The SMILES string of the molecule is O=C(N/N=C\c1cccc(OCc2ccccc2Cl)c1)[C@@H]1CC(=O)N(c2ccc(F)cc2)C1. The number of hydrogen-bond acceptors (Lipinski definition) is 4. The van der Waals surface area contributed by atoms with Crippen molar-refractivity contribution < 1.29 is 18.7 Å². The molecule has 1 aliphatic rings. The summed E-state index contributed by atoms with van der Waals surface area (Å²) in [4.78, 5) is 26.2. The van der Waals surface area contributed by atoms with Gasteiger partial charge in [0.25, 0.3) is 0 Å². The van der Waals surface area contributed by atoms with Gasteiger partial charge in [0.2, 0.25) is 11.8 Å². The van der Waals surface area contributed by atoms with Crippen molar-refractivity contribution in [3.8, 4) is 5.75 Å². The number of amides is 2. The van der Waals surface area contributed by atoms with Crippen LogP contribution in [0.15, 0.2) is 77.9 Å². The minimum Gasteiger partial charge on any atom is -0.489 e. The maximum Gasteiger partial charge on any atom is 0.245 e. The lowest BCUT2D eigenvalue weighted by Gasteiger charge is -2.16. The molecule has 2 amide bonds. The minimum absolute atomic E-state index is 0.0735. The van der Waals surface area contributed by atoms with Gasteiger partial charge in [-0.3, -0.25) is 9.59 Å². The summed E-state index contributed by atoms with van der Waals surface area (Å²) in [6.45, 7) is 0.550. The Labute approximate surface area is 195 Å². The number of ether oxygens (including phenoxy) is 1. The highest BCUT2D eigenvalue weighted by Gasteiger charge is 2.35. The van der Waals surface area contributed by atoms with E-state index in [4.69, 9.17) is 16.3 Å². The molecule has 6 nitrogen and oxygen atoms in total. The van der Waals surface area contributed by atoms with Crippen LogP contribution in [-0.2, 0) is 16.2 Å². The van der Waals surface area contributed by atoms with Gasteiger partial charge in [0.05, 0.1) is 12.1 Å².